The van der Waals surface area contributed by atoms with Crippen molar-refractivity contribution in [3.8, 4) is 0 Å². The molecule has 1 N–H and O–H groups in total. The third-order valence-electron chi connectivity index (χ3n) is 4.70. The normalized spacial score (nSPS) is 23.2. The quantitative estimate of drug-likeness (QED) is 0.742. The zero-order valence-electron chi connectivity index (χ0n) is 11.7. The predicted molar refractivity (Wildman–Crippen MR) is 74.1 cm³/mol. The number of carbonyl (C=O) groups is 1. The summed E-state index contributed by atoms with van der Waals surface area (Å²) < 4.78 is 0. The van der Waals surface area contributed by atoms with Crippen LogP contribution in [0.3, 0.4) is 0 Å². The standard InChI is InChI=1S/C16H21NO/c1-15(2)5-6-16(3,4)12-9-13-10(7-11(12)15)8-14(18)17-13/h7,9H,5-6,8H2,1-4H3,(H,17,18). The fraction of sp³-hybridized carbons (Fsp3) is 0.562. The molecule has 96 valence electrons. The zero-order chi connectivity index (χ0) is 13.1. The van der Waals surface area contributed by atoms with Gasteiger partial charge in [-0.05, 0) is 46.4 Å². The molecule has 1 aliphatic heterocycles. The van der Waals surface area contributed by atoms with E-state index in [0.717, 1.165) is 5.69 Å². The van der Waals surface area contributed by atoms with E-state index in [-0.39, 0.29) is 16.7 Å². The molecule has 1 aromatic carbocycles. The van der Waals surface area contributed by atoms with Crippen molar-refractivity contribution >= 4 is 11.6 Å². The maximum Gasteiger partial charge on any atom is 0.228 e. The van der Waals surface area contributed by atoms with Crippen LogP contribution < -0.4 is 5.32 Å². The Morgan fingerprint density at radius 3 is 2.17 bits per heavy atom. The number of hydrogen-bond donors (Lipinski definition) is 1. The van der Waals surface area contributed by atoms with Crippen molar-refractivity contribution in [3.63, 3.8) is 0 Å². The number of fused-ring (bicyclic) bond motifs is 2. The second kappa shape index (κ2) is 3.37. The molecule has 0 fully saturated rings. The molecule has 1 aliphatic carbocycles. The summed E-state index contributed by atoms with van der Waals surface area (Å²) in [6.07, 6.45) is 2.96. The Morgan fingerprint density at radius 1 is 1.00 bits per heavy atom. The number of nitrogens with one attached hydrogen (secondary N) is 1. The minimum Gasteiger partial charge on any atom is -0.326 e. The first-order valence-electron chi connectivity index (χ1n) is 6.77. The molecule has 2 aliphatic rings. The van der Waals surface area contributed by atoms with E-state index in [1.54, 1.807) is 0 Å². The van der Waals surface area contributed by atoms with Crippen LogP contribution in [0.1, 0.15) is 57.2 Å². The number of carbonyl (C=O) groups excluding carboxylic acids is 1. The van der Waals surface area contributed by atoms with Crippen LogP contribution in [0.15, 0.2) is 12.1 Å². The molecule has 0 saturated heterocycles. The summed E-state index contributed by atoms with van der Waals surface area (Å²) in [6.45, 7) is 9.25. The predicted octanol–water partition coefficient (Wildman–Crippen LogP) is 3.53. The monoisotopic (exact) mass is 243 g/mol. The molecule has 0 radical (unpaired) electrons. The molecule has 2 heteroatoms. The minimum absolute atomic E-state index is 0.128. The SMILES string of the molecule is CC1(C)CCC(C)(C)c2cc3c(cc21)CC(=O)N3. The Bertz CT molecular complexity index is 493. The second-order valence-corrected chi connectivity index (χ2v) is 7.05. The Kier molecular flexibility index (Phi) is 2.20. The second-order valence-electron chi connectivity index (χ2n) is 7.05. The molecular formula is C16H21NO. The Labute approximate surface area is 109 Å². The van der Waals surface area contributed by atoms with Gasteiger partial charge in [0.15, 0.2) is 0 Å². The Morgan fingerprint density at radius 2 is 1.56 bits per heavy atom. The van der Waals surface area contributed by atoms with Gasteiger partial charge in [-0.2, -0.15) is 0 Å². The van der Waals surface area contributed by atoms with E-state index in [1.165, 1.54) is 29.5 Å². The summed E-state index contributed by atoms with van der Waals surface area (Å²) in [7, 11) is 0. The van der Waals surface area contributed by atoms with E-state index >= 15 is 0 Å². The Balaban J connectivity index is 2.23. The number of rotatable bonds is 0. The highest BCUT2D eigenvalue weighted by Crippen LogP contribution is 2.47. The summed E-state index contributed by atoms with van der Waals surface area (Å²) in [5, 5.41) is 2.97. The van der Waals surface area contributed by atoms with Gasteiger partial charge in [0.1, 0.15) is 0 Å². The van der Waals surface area contributed by atoms with Crippen LogP contribution in [-0.4, -0.2) is 5.91 Å². The van der Waals surface area contributed by atoms with Gasteiger partial charge in [0.25, 0.3) is 0 Å². The molecule has 0 atom stereocenters. The van der Waals surface area contributed by atoms with E-state index in [1.807, 2.05) is 0 Å². The van der Waals surface area contributed by atoms with Gasteiger partial charge in [0, 0.05) is 5.69 Å². The van der Waals surface area contributed by atoms with Gasteiger partial charge in [0.2, 0.25) is 5.91 Å². The first-order valence-corrected chi connectivity index (χ1v) is 6.77. The van der Waals surface area contributed by atoms with E-state index in [2.05, 4.69) is 45.1 Å². The molecule has 2 nitrogen and oxygen atoms in total. The maximum atomic E-state index is 11.5. The third-order valence-corrected chi connectivity index (χ3v) is 4.70. The molecule has 0 saturated carbocycles. The average Bonchev–Trinajstić information content (AvgIpc) is 2.62. The van der Waals surface area contributed by atoms with Crippen LogP contribution in [0.5, 0.6) is 0 Å². The molecular weight excluding hydrogens is 222 g/mol. The van der Waals surface area contributed by atoms with Gasteiger partial charge >= 0.3 is 0 Å². The lowest BCUT2D eigenvalue weighted by Crippen LogP contribution is -2.33. The van der Waals surface area contributed by atoms with Crippen molar-refractivity contribution < 1.29 is 4.79 Å². The minimum atomic E-state index is 0.128. The first-order chi connectivity index (χ1) is 8.29. The smallest absolute Gasteiger partial charge is 0.228 e. The van der Waals surface area contributed by atoms with Gasteiger partial charge < -0.3 is 5.32 Å². The number of amides is 1. The molecule has 1 aromatic rings. The van der Waals surface area contributed by atoms with Crippen LogP contribution in [0.4, 0.5) is 5.69 Å². The summed E-state index contributed by atoms with van der Waals surface area (Å²) in [6, 6.07) is 4.49. The molecule has 0 aromatic heterocycles. The molecule has 0 unspecified atom stereocenters. The van der Waals surface area contributed by atoms with Crippen LogP contribution >= 0.6 is 0 Å². The van der Waals surface area contributed by atoms with Crippen molar-refractivity contribution in [2.45, 2.75) is 57.8 Å². The van der Waals surface area contributed by atoms with Crippen LogP contribution in [0.2, 0.25) is 0 Å². The van der Waals surface area contributed by atoms with Gasteiger partial charge in [-0.15, -0.1) is 0 Å². The summed E-state index contributed by atoms with van der Waals surface area (Å²) in [5.74, 6) is 0.128. The van der Waals surface area contributed by atoms with Gasteiger partial charge in [-0.1, -0.05) is 33.8 Å². The fourth-order valence-electron chi connectivity index (χ4n) is 3.29. The van der Waals surface area contributed by atoms with E-state index in [4.69, 9.17) is 0 Å². The lowest BCUT2D eigenvalue weighted by molar-refractivity contribution is -0.115. The fourth-order valence-corrected chi connectivity index (χ4v) is 3.29. The Hall–Kier alpha value is -1.31. The number of anilines is 1. The first kappa shape index (κ1) is 11.8. The van der Waals surface area contributed by atoms with Crippen molar-refractivity contribution in [1.82, 2.24) is 0 Å². The number of benzene rings is 1. The molecule has 0 bridgehead atoms. The molecule has 18 heavy (non-hydrogen) atoms. The maximum absolute atomic E-state index is 11.5. The average molecular weight is 243 g/mol. The summed E-state index contributed by atoms with van der Waals surface area (Å²) >= 11 is 0. The molecule has 0 spiro atoms. The lowest BCUT2D eigenvalue weighted by atomic mass is 9.63. The molecule has 1 heterocycles. The molecule has 1 amide bonds. The van der Waals surface area contributed by atoms with Gasteiger partial charge in [-0.3, -0.25) is 4.79 Å². The van der Waals surface area contributed by atoms with Crippen LogP contribution in [-0.2, 0) is 22.0 Å². The van der Waals surface area contributed by atoms with Crippen molar-refractivity contribution in [2.24, 2.45) is 0 Å². The lowest BCUT2D eigenvalue weighted by Gasteiger charge is -2.42. The highest BCUT2D eigenvalue weighted by molar-refractivity contribution is 5.99. The van der Waals surface area contributed by atoms with Gasteiger partial charge in [-0.25, -0.2) is 0 Å². The summed E-state index contributed by atoms with van der Waals surface area (Å²) in [5.41, 5.74) is 5.50. The highest BCUT2D eigenvalue weighted by atomic mass is 16.1. The van der Waals surface area contributed by atoms with Crippen LogP contribution in [0, 0.1) is 0 Å². The number of hydrogen-bond acceptors (Lipinski definition) is 1. The van der Waals surface area contributed by atoms with E-state index < -0.39 is 0 Å². The highest BCUT2D eigenvalue weighted by Gasteiger charge is 2.38. The van der Waals surface area contributed by atoms with Crippen molar-refractivity contribution in [2.75, 3.05) is 5.32 Å². The topological polar surface area (TPSA) is 29.1 Å². The summed E-state index contributed by atoms with van der Waals surface area (Å²) in [4.78, 5) is 11.5. The van der Waals surface area contributed by atoms with Gasteiger partial charge in [0.05, 0.1) is 6.42 Å². The van der Waals surface area contributed by atoms with E-state index in [9.17, 15) is 4.79 Å². The van der Waals surface area contributed by atoms with Crippen LogP contribution in [0.25, 0.3) is 0 Å². The molecule has 3 rings (SSSR count). The third kappa shape index (κ3) is 1.58. The zero-order valence-corrected chi connectivity index (χ0v) is 11.7. The largest absolute Gasteiger partial charge is 0.326 e. The van der Waals surface area contributed by atoms with E-state index in [0.29, 0.717) is 6.42 Å². The van der Waals surface area contributed by atoms with Crippen molar-refractivity contribution in [1.29, 1.82) is 0 Å². The van der Waals surface area contributed by atoms with Crippen molar-refractivity contribution in [3.05, 3.63) is 28.8 Å².